The second-order valence-corrected chi connectivity index (χ2v) is 10.1. The molecule has 0 amide bonds. The Hall–Kier alpha value is -2.29. The van der Waals surface area contributed by atoms with Crippen LogP contribution in [0.2, 0.25) is 5.02 Å². The maximum atomic E-state index is 12.4. The van der Waals surface area contributed by atoms with Gasteiger partial charge >= 0.3 is 0 Å². The van der Waals surface area contributed by atoms with Crippen LogP contribution >= 0.6 is 11.6 Å². The zero-order valence-electron chi connectivity index (χ0n) is 16.6. The summed E-state index contributed by atoms with van der Waals surface area (Å²) in [6.45, 7) is 1.75. The van der Waals surface area contributed by atoms with Crippen LogP contribution in [0.3, 0.4) is 0 Å². The van der Waals surface area contributed by atoms with Gasteiger partial charge in [-0.05, 0) is 36.3 Å². The predicted molar refractivity (Wildman–Crippen MR) is 116 cm³/mol. The Morgan fingerprint density at radius 2 is 1.90 bits per heavy atom. The van der Waals surface area contributed by atoms with Gasteiger partial charge in [0.1, 0.15) is 12.0 Å². The van der Waals surface area contributed by atoms with Gasteiger partial charge in [-0.2, -0.15) is 0 Å². The highest BCUT2D eigenvalue weighted by molar-refractivity contribution is 7.88. The summed E-state index contributed by atoms with van der Waals surface area (Å²) in [4.78, 5) is 12.4. The fraction of sp³-hybridized carbons (Fsp3) is 0.381. The number of hydrogen-bond acceptors (Lipinski definition) is 5. The third kappa shape index (κ3) is 4.88. The Kier molecular flexibility index (Phi) is 5.90. The second-order valence-electron chi connectivity index (χ2n) is 7.70. The van der Waals surface area contributed by atoms with Crippen molar-refractivity contribution in [1.82, 2.24) is 8.87 Å². The zero-order chi connectivity index (χ0) is 21.3. The third-order valence-corrected chi connectivity index (χ3v) is 6.90. The van der Waals surface area contributed by atoms with Gasteiger partial charge in [0.05, 0.1) is 19.4 Å². The molecular weight excluding hydrogens is 428 g/mol. The van der Waals surface area contributed by atoms with Crippen molar-refractivity contribution >= 4 is 32.4 Å². The standard InChI is InChI=1S/C21H23ClN2O5S/c1-30(26,27)24-6-4-15(5-7-24)13-29-21-14-28-19(9-20(21)25)12-23-10-16-2-3-18(22)8-17(16)11-23/h2-3,8-11,14-15H,4-7,12-13H2,1H3. The summed E-state index contributed by atoms with van der Waals surface area (Å²) in [7, 11) is -3.15. The van der Waals surface area contributed by atoms with Crippen molar-refractivity contribution in [1.29, 1.82) is 0 Å². The summed E-state index contributed by atoms with van der Waals surface area (Å²) in [5.41, 5.74) is -0.232. The molecule has 3 aromatic rings. The van der Waals surface area contributed by atoms with Crippen LogP contribution in [0.25, 0.3) is 10.8 Å². The highest BCUT2D eigenvalue weighted by atomic mass is 35.5. The number of benzene rings is 1. The van der Waals surface area contributed by atoms with Gasteiger partial charge in [0, 0.05) is 42.0 Å². The van der Waals surface area contributed by atoms with Crippen molar-refractivity contribution in [2.24, 2.45) is 5.92 Å². The molecule has 1 aliphatic rings. The van der Waals surface area contributed by atoms with Crippen molar-refractivity contribution in [3.8, 4) is 5.75 Å². The minimum atomic E-state index is -3.15. The monoisotopic (exact) mass is 450 g/mol. The van der Waals surface area contributed by atoms with Gasteiger partial charge in [0.25, 0.3) is 0 Å². The SMILES string of the molecule is CS(=O)(=O)N1CCC(COc2coc(Cn3cc4ccc(Cl)cc4c3)cc2=O)CC1. The number of rotatable bonds is 6. The number of ether oxygens (including phenoxy) is 1. The second kappa shape index (κ2) is 8.45. The van der Waals surface area contributed by atoms with E-state index in [0.717, 1.165) is 10.8 Å². The molecule has 0 unspecified atom stereocenters. The highest BCUT2D eigenvalue weighted by Crippen LogP contribution is 2.22. The van der Waals surface area contributed by atoms with Crippen molar-refractivity contribution in [3.63, 3.8) is 0 Å². The van der Waals surface area contributed by atoms with Crippen molar-refractivity contribution in [2.75, 3.05) is 26.0 Å². The van der Waals surface area contributed by atoms with E-state index in [1.54, 1.807) is 0 Å². The normalized spacial score (nSPS) is 16.2. The molecule has 9 heteroatoms. The van der Waals surface area contributed by atoms with Gasteiger partial charge < -0.3 is 13.7 Å². The molecule has 160 valence electrons. The lowest BCUT2D eigenvalue weighted by atomic mass is 9.99. The van der Waals surface area contributed by atoms with E-state index < -0.39 is 10.0 Å². The molecule has 0 saturated carbocycles. The Labute approximate surface area is 179 Å². The molecule has 0 aliphatic carbocycles. The molecule has 1 fully saturated rings. The summed E-state index contributed by atoms with van der Waals surface area (Å²) in [6.07, 6.45) is 7.92. The highest BCUT2D eigenvalue weighted by Gasteiger charge is 2.25. The number of sulfonamides is 1. The molecule has 1 aliphatic heterocycles. The van der Waals surface area contributed by atoms with Gasteiger partial charge in [-0.1, -0.05) is 17.7 Å². The smallest absolute Gasteiger partial charge is 0.227 e. The summed E-state index contributed by atoms with van der Waals surface area (Å²) in [5, 5.41) is 2.76. The summed E-state index contributed by atoms with van der Waals surface area (Å²) >= 11 is 6.03. The molecule has 0 N–H and O–H groups in total. The van der Waals surface area contributed by atoms with E-state index >= 15 is 0 Å². The fourth-order valence-corrected chi connectivity index (χ4v) is 4.74. The van der Waals surface area contributed by atoms with Crippen LogP contribution in [-0.4, -0.2) is 43.2 Å². The fourth-order valence-electron chi connectivity index (χ4n) is 3.68. The van der Waals surface area contributed by atoms with Crippen LogP contribution in [0.4, 0.5) is 0 Å². The predicted octanol–water partition coefficient (Wildman–Crippen LogP) is 3.35. The molecule has 0 radical (unpaired) electrons. The average Bonchev–Trinajstić information content (AvgIpc) is 3.08. The third-order valence-electron chi connectivity index (χ3n) is 5.37. The number of aromatic nitrogens is 1. The van der Waals surface area contributed by atoms with E-state index in [1.165, 1.54) is 22.9 Å². The number of fused-ring (bicyclic) bond motifs is 1. The Morgan fingerprint density at radius 1 is 1.17 bits per heavy atom. The maximum absolute atomic E-state index is 12.4. The first kappa shape index (κ1) is 21.0. The first-order valence-corrected chi connectivity index (χ1v) is 12.0. The van der Waals surface area contributed by atoms with Gasteiger partial charge in [-0.3, -0.25) is 4.79 Å². The molecule has 1 aromatic carbocycles. The summed E-state index contributed by atoms with van der Waals surface area (Å²) in [5.74, 6) is 0.912. The van der Waals surface area contributed by atoms with Crippen LogP contribution in [-0.2, 0) is 16.6 Å². The Bertz CT molecular complexity index is 1210. The lowest BCUT2D eigenvalue weighted by Crippen LogP contribution is -2.39. The van der Waals surface area contributed by atoms with Crippen molar-refractivity contribution < 1.29 is 17.6 Å². The number of nitrogens with zero attached hydrogens (tertiary/aromatic N) is 2. The largest absolute Gasteiger partial charge is 0.486 e. The quantitative estimate of drug-likeness (QED) is 0.575. The molecule has 30 heavy (non-hydrogen) atoms. The topological polar surface area (TPSA) is 81.8 Å². The minimum Gasteiger partial charge on any atom is -0.486 e. The number of piperidine rings is 1. The average molecular weight is 451 g/mol. The lowest BCUT2D eigenvalue weighted by molar-refractivity contribution is 0.181. The maximum Gasteiger partial charge on any atom is 0.227 e. The molecule has 1 saturated heterocycles. The van der Waals surface area contributed by atoms with E-state index in [4.69, 9.17) is 20.8 Å². The molecule has 0 spiro atoms. The molecule has 7 nitrogen and oxygen atoms in total. The first-order chi connectivity index (χ1) is 14.3. The molecule has 3 heterocycles. The van der Waals surface area contributed by atoms with Crippen LogP contribution in [0.5, 0.6) is 5.75 Å². The van der Waals surface area contributed by atoms with Crippen molar-refractivity contribution in [2.45, 2.75) is 19.4 Å². The van der Waals surface area contributed by atoms with Crippen LogP contribution < -0.4 is 10.2 Å². The van der Waals surface area contributed by atoms with Crippen LogP contribution in [0, 0.1) is 5.92 Å². The summed E-state index contributed by atoms with van der Waals surface area (Å²) in [6, 6.07) is 7.12. The van der Waals surface area contributed by atoms with Gasteiger partial charge in [0.15, 0.2) is 0 Å². The Morgan fingerprint density at radius 3 is 2.60 bits per heavy atom. The molecule has 0 atom stereocenters. The van der Waals surface area contributed by atoms with Crippen LogP contribution in [0.15, 0.2) is 52.1 Å². The van der Waals surface area contributed by atoms with E-state index in [-0.39, 0.29) is 17.1 Å². The van der Waals surface area contributed by atoms with Gasteiger partial charge in [-0.25, -0.2) is 12.7 Å². The number of halogens is 1. The molecular formula is C21H23ClN2O5S. The van der Waals surface area contributed by atoms with E-state index in [1.807, 2.05) is 35.2 Å². The van der Waals surface area contributed by atoms with Gasteiger partial charge in [0.2, 0.25) is 21.2 Å². The van der Waals surface area contributed by atoms with E-state index in [9.17, 15) is 13.2 Å². The van der Waals surface area contributed by atoms with Crippen LogP contribution in [0.1, 0.15) is 18.6 Å². The summed E-state index contributed by atoms with van der Waals surface area (Å²) < 4.78 is 37.8. The minimum absolute atomic E-state index is 0.175. The molecule has 4 rings (SSSR count). The molecule has 2 aromatic heterocycles. The Balaban J connectivity index is 1.36. The molecule has 0 bridgehead atoms. The van der Waals surface area contributed by atoms with E-state index in [0.29, 0.717) is 49.9 Å². The van der Waals surface area contributed by atoms with E-state index in [2.05, 4.69) is 0 Å². The first-order valence-electron chi connectivity index (χ1n) is 9.72. The lowest BCUT2D eigenvalue weighted by Gasteiger charge is -2.29. The van der Waals surface area contributed by atoms with Crippen molar-refractivity contribution in [3.05, 3.63) is 63.9 Å². The van der Waals surface area contributed by atoms with Gasteiger partial charge in [-0.15, -0.1) is 0 Å². The number of hydrogen-bond donors (Lipinski definition) is 0. The zero-order valence-corrected chi connectivity index (χ0v) is 18.2.